The number of methoxy groups -OCH3 is 2. The van der Waals surface area contributed by atoms with Crippen molar-refractivity contribution in [3.05, 3.63) is 101 Å². The second kappa shape index (κ2) is 9.41. The Morgan fingerprint density at radius 1 is 0.939 bits per heavy atom. The van der Waals surface area contributed by atoms with E-state index >= 15 is 0 Å². The minimum absolute atomic E-state index is 0.216. The monoisotopic (exact) mass is 443 g/mol. The summed E-state index contributed by atoms with van der Waals surface area (Å²) in [4.78, 5) is 15.0. The number of carbonyl (C=O) groups excluding carboxylic acids is 1. The second-order valence-electron chi connectivity index (χ2n) is 8.46. The minimum atomic E-state index is -0.423. The van der Waals surface area contributed by atoms with Crippen LogP contribution in [0.2, 0.25) is 0 Å². The number of aliphatic hydroxyl groups excluding tert-OH is 1. The molecule has 0 fully saturated rings. The first-order chi connectivity index (χ1) is 15.9. The van der Waals surface area contributed by atoms with Crippen LogP contribution < -0.4 is 9.47 Å². The summed E-state index contributed by atoms with van der Waals surface area (Å²) in [6.07, 6.45) is 0. The summed E-state index contributed by atoms with van der Waals surface area (Å²) in [5, 5.41) is 11.0. The maximum absolute atomic E-state index is 13.3. The average Bonchev–Trinajstić information content (AvgIpc) is 3.09. The van der Waals surface area contributed by atoms with Crippen molar-refractivity contribution in [2.75, 3.05) is 14.2 Å². The number of nitrogens with zero attached hydrogens (tertiary/aromatic N) is 1. The summed E-state index contributed by atoms with van der Waals surface area (Å²) in [5.74, 6) is 1.09. The highest BCUT2D eigenvalue weighted by Gasteiger charge is 2.41. The maximum atomic E-state index is 13.3. The Hall–Kier alpha value is -3.73. The van der Waals surface area contributed by atoms with Crippen LogP contribution in [0.3, 0.4) is 0 Å². The molecule has 1 heterocycles. The topological polar surface area (TPSA) is 59.0 Å². The van der Waals surface area contributed by atoms with Gasteiger partial charge in [-0.05, 0) is 34.7 Å². The fraction of sp³-hybridized carbons (Fsp3) is 0.250. The van der Waals surface area contributed by atoms with Crippen molar-refractivity contribution >= 4 is 11.5 Å². The lowest BCUT2D eigenvalue weighted by atomic mass is 9.91. The lowest BCUT2D eigenvalue weighted by molar-refractivity contribution is -0.130. The molecule has 3 aromatic carbocycles. The van der Waals surface area contributed by atoms with E-state index in [0.29, 0.717) is 23.0 Å². The molecule has 0 bridgehead atoms. The fourth-order valence-corrected chi connectivity index (χ4v) is 4.31. The smallest absolute Gasteiger partial charge is 0.290 e. The van der Waals surface area contributed by atoms with Crippen LogP contribution in [0.1, 0.15) is 48.1 Å². The Balaban J connectivity index is 1.80. The Morgan fingerprint density at radius 2 is 1.64 bits per heavy atom. The summed E-state index contributed by atoms with van der Waals surface area (Å²) in [6, 6.07) is 23.0. The molecule has 0 aromatic heterocycles. The standard InChI is InChI=1S/C28H29NO4/c1-18(2)19-10-12-21(13-11-19)26-25(20-8-6-5-7-9-20)27(30)28(31)29(26)17-22-14-15-23(32-3)16-24(22)33-4/h5-16,18,26,30H,17H2,1-4H3/t26-/m1/s1. The predicted octanol–water partition coefficient (Wildman–Crippen LogP) is 5.88. The Labute approximate surface area is 194 Å². The van der Waals surface area contributed by atoms with Gasteiger partial charge < -0.3 is 19.5 Å². The number of hydrogen-bond donors (Lipinski definition) is 1. The molecule has 1 aliphatic heterocycles. The highest BCUT2D eigenvalue weighted by molar-refractivity contribution is 6.05. The third kappa shape index (κ3) is 4.31. The van der Waals surface area contributed by atoms with Crippen molar-refractivity contribution in [3.8, 4) is 11.5 Å². The van der Waals surface area contributed by atoms with Crippen molar-refractivity contribution in [1.82, 2.24) is 4.90 Å². The van der Waals surface area contributed by atoms with E-state index in [1.54, 1.807) is 25.2 Å². The Morgan fingerprint density at radius 3 is 2.24 bits per heavy atom. The van der Waals surface area contributed by atoms with E-state index < -0.39 is 11.9 Å². The van der Waals surface area contributed by atoms with Crippen molar-refractivity contribution in [2.45, 2.75) is 32.4 Å². The highest BCUT2D eigenvalue weighted by atomic mass is 16.5. The van der Waals surface area contributed by atoms with Gasteiger partial charge >= 0.3 is 0 Å². The van der Waals surface area contributed by atoms with Crippen LogP contribution in [-0.2, 0) is 11.3 Å². The van der Waals surface area contributed by atoms with Gasteiger partial charge in [-0.25, -0.2) is 0 Å². The number of aliphatic hydroxyl groups is 1. The van der Waals surface area contributed by atoms with E-state index in [0.717, 1.165) is 16.7 Å². The number of benzene rings is 3. The first-order valence-corrected chi connectivity index (χ1v) is 11.0. The van der Waals surface area contributed by atoms with E-state index in [1.807, 2.05) is 54.6 Å². The highest BCUT2D eigenvalue weighted by Crippen LogP contribution is 2.44. The molecule has 4 rings (SSSR count). The Bertz CT molecular complexity index is 1170. The van der Waals surface area contributed by atoms with Gasteiger partial charge in [-0.2, -0.15) is 0 Å². The van der Waals surface area contributed by atoms with E-state index in [1.165, 1.54) is 5.56 Å². The summed E-state index contributed by atoms with van der Waals surface area (Å²) in [7, 11) is 3.20. The van der Waals surface area contributed by atoms with Gasteiger partial charge in [-0.15, -0.1) is 0 Å². The molecule has 0 spiro atoms. The Kier molecular flexibility index (Phi) is 6.40. The van der Waals surface area contributed by atoms with Gasteiger partial charge in [0.25, 0.3) is 5.91 Å². The van der Waals surface area contributed by atoms with Crippen molar-refractivity contribution in [3.63, 3.8) is 0 Å². The number of ether oxygens (including phenoxy) is 2. The lowest BCUT2D eigenvalue weighted by Gasteiger charge is -2.28. The van der Waals surface area contributed by atoms with Gasteiger partial charge in [0, 0.05) is 17.2 Å². The zero-order valence-electron chi connectivity index (χ0n) is 19.4. The zero-order chi connectivity index (χ0) is 23.5. The molecule has 1 amide bonds. The van der Waals surface area contributed by atoms with Gasteiger partial charge in [0.2, 0.25) is 0 Å². The van der Waals surface area contributed by atoms with Gasteiger partial charge in [-0.1, -0.05) is 68.4 Å². The molecular formula is C28H29NO4. The van der Waals surface area contributed by atoms with E-state index in [9.17, 15) is 9.90 Å². The molecule has 0 unspecified atom stereocenters. The van der Waals surface area contributed by atoms with Crippen LogP contribution in [0.4, 0.5) is 0 Å². The summed E-state index contributed by atoms with van der Waals surface area (Å²) in [5.41, 5.74) is 4.44. The van der Waals surface area contributed by atoms with Crippen LogP contribution in [0.5, 0.6) is 11.5 Å². The van der Waals surface area contributed by atoms with Crippen LogP contribution in [-0.4, -0.2) is 30.1 Å². The molecule has 0 radical (unpaired) electrons. The minimum Gasteiger partial charge on any atom is -0.503 e. The molecular weight excluding hydrogens is 414 g/mol. The number of carbonyl (C=O) groups is 1. The molecule has 0 saturated heterocycles. The molecule has 5 heteroatoms. The third-order valence-corrected chi connectivity index (χ3v) is 6.14. The van der Waals surface area contributed by atoms with E-state index in [2.05, 4.69) is 26.0 Å². The number of hydrogen-bond acceptors (Lipinski definition) is 4. The van der Waals surface area contributed by atoms with Crippen LogP contribution in [0.25, 0.3) is 5.57 Å². The normalized spacial score (nSPS) is 16.0. The summed E-state index contributed by atoms with van der Waals surface area (Å²) in [6.45, 7) is 4.58. The van der Waals surface area contributed by atoms with Gasteiger partial charge in [-0.3, -0.25) is 4.79 Å². The molecule has 33 heavy (non-hydrogen) atoms. The average molecular weight is 444 g/mol. The van der Waals surface area contributed by atoms with Crippen molar-refractivity contribution < 1.29 is 19.4 Å². The lowest BCUT2D eigenvalue weighted by Crippen LogP contribution is -2.30. The molecule has 1 atom stereocenters. The zero-order valence-corrected chi connectivity index (χ0v) is 19.4. The van der Waals surface area contributed by atoms with E-state index in [4.69, 9.17) is 9.47 Å². The van der Waals surface area contributed by atoms with Crippen molar-refractivity contribution in [2.24, 2.45) is 0 Å². The van der Waals surface area contributed by atoms with Crippen molar-refractivity contribution in [1.29, 1.82) is 0 Å². The van der Waals surface area contributed by atoms with Crippen LogP contribution >= 0.6 is 0 Å². The second-order valence-corrected chi connectivity index (χ2v) is 8.46. The SMILES string of the molecule is COc1ccc(CN2C(=O)C(O)=C(c3ccccc3)[C@H]2c2ccc(C(C)C)cc2)c(OC)c1. The molecule has 5 nitrogen and oxygen atoms in total. The maximum Gasteiger partial charge on any atom is 0.290 e. The molecule has 1 aliphatic rings. The largest absolute Gasteiger partial charge is 0.503 e. The summed E-state index contributed by atoms with van der Waals surface area (Å²) < 4.78 is 10.9. The number of rotatable bonds is 7. The molecule has 1 N–H and O–H groups in total. The first kappa shape index (κ1) is 22.5. The van der Waals surface area contributed by atoms with E-state index in [-0.39, 0.29) is 12.3 Å². The molecule has 3 aromatic rings. The fourth-order valence-electron chi connectivity index (χ4n) is 4.31. The van der Waals surface area contributed by atoms with Crippen LogP contribution in [0, 0.1) is 0 Å². The van der Waals surface area contributed by atoms with Gasteiger partial charge in [0.1, 0.15) is 11.5 Å². The molecule has 0 saturated carbocycles. The predicted molar refractivity (Wildman–Crippen MR) is 129 cm³/mol. The summed E-state index contributed by atoms with van der Waals surface area (Å²) >= 11 is 0. The quantitative estimate of drug-likeness (QED) is 0.495. The van der Waals surface area contributed by atoms with Gasteiger partial charge in [0.15, 0.2) is 5.76 Å². The first-order valence-electron chi connectivity index (χ1n) is 11.0. The third-order valence-electron chi connectivity index (χ3n) is 6.14. The molecule has 170 valence electrons. The molecule has 0 aliphatic carbocycles. The van der Waals surface area contributed by atoms with Crippen LogP contribution in [0.15, 0.2) is 78.6 Å². The number of amides is 1. The van der Waals surface area contributed by atoms with Gasteiger partial charge in [0.05, 0.1) is 26.8 Å².